The third kappa shape index (κ3) is 4.81. The number of rotatable bonds is 10. The van der Waals surface area contributed by atoms with E-state index in [0.717, 1.165) is 0 Å². The lowest BCUT2D eigenvalue weighted by molar-refractivity contribution is -0.246. The van der Waals surface area contributed by atoms with Crippen LogP contribution in [0.25, 0.3) is 0 Å². The maximum absolute atomic E-state index is 13.0. The predicted molar refractivity (Wildman–Crippen MR) is 118 cm³/mol. The fourth-order valence-corrected chi connectivity index (χ4v) is 4.17. The molecule has 2 saturated heterocycles. The molecule has 1 aromatic carbocycles. The van der Waals surface area contributed by atoms with Crippen molar-refractivity contribution >= 4 is 11.9 Å². The Morgan fingerprint density at radius 1 is 1.21 bits per heavy atom. The number of carbonyl (C=O) groups is 2. The van der Waals surface area contributed by atoms with Gasteiger partial charge < -0.3 is 38.5 Å². The van der Waals surface area contributed by atoms with Crippen molar-refractivity contribution in [3.8, 4) is 12.3 Å². The summed E-state index contributed by atoms with van der Waals surface area (Å²) in [6.45, 7) is 3.00. The lowest BCUT2D eigenvalue weighted by atomic mass is 9.91. The zero-order chi connectivity index (χ0) is 25.0. The van der Waals surface area contributed by atoms with E-state index >= 15 is 0 Å². The molecule has 2 aliphatic rings. The lowest BCUT2D eigenvalue weighted by Gasteiger charge is -2.36. The Bertz CT molecular complexity index is 897. The highest BCUT2D eigenvalue weighted by Gasteiger charge is 2.65. The number of nitrogens with one attached hydrogen (secondary N) is 1. The number of carbonyl (C=O) groups excluding carboxylic acids is 2. The van der Waals surface area contributed by atoms with E-state index in [1.807, 2.05) is 6.07 Å². The minimum absolute atomic E-state index is 0.0816. The molecule has 5 atom stereocenters. The second kappa shape index (κ2) is 10.4. The lowest BCUT2D eigenvalue weighted by Crippen LogP contribution is -2.59. The Balaban J connectivity index is 1.93. The first kappa shape index (κ1) is 26.1. The van der Waals surface area contributed by atoms with Crippen molar-refractivity contribution in [2.45, 2.75) is 55.8 Å². The molecule has 186 valence electrons. The fourth-order valence-electron chi connectivity index (χ4n) is 4.17. The molecule has 0 aliphatic carbocycles. The van der Waals surface area contributed by atoms with E-state index in [-0.39, 0.29) is 19.8 Å². The molecule has 2 aliphatic heterocycles. The van der Waals surface area contributed by atoms with Crippen LogP contribution in [0.5, 0.6) is 0 Å². The fraction of sp³-hybridized carbons (Fsp3) is 0.583. The zero-order valence-electron chi connectivity index (χ0n) is 20.0. The molecular formula is C24H31NO9. The molecule has 10 heteroatoms. The van der Waals surface area contributed by atoms with Crippen molar-refractivity contribution in [2.75, 3.05) is 34.7 Å². The summed E-state index contributed by atoms with van der Waals surface area (Å²) in [5, 5.41) is 2.49. The van der Waals surface area contributed by atoms with Gasteiger partial charge in [0.15, 0.2) is 23.8 Å². The smallest absolute Gasteiger partial charge is 0.348 e. The zero-order valence-corrected chi connectivity index (χ0v) is 20.0. The van der Waals surface area contributed by atoms with E-state index in [1.54, 1.807) is 38.1 Å². The quantitative estimate of drug-likeness (QED) is 0.226. The Hall–Kier alpha value is -2.52. The van der Waals surface area contributed by atoms with Gasteiger partial charge in [0.25, 0.3) is 5.91 Å². The highest BCUT2D eigenvalue weighted by molar-refractivity contribution is 6.06. The van der Waals surface area contributed by atoms with Crippen LogP contribution < -0.4 is 5.32 Å². The summed E-state index contributed by atoms with van der Waals surface area (Å²) in [6, 6.07) is 8.96. The minimum Gasteiger partial charge on any atom is -0.466 e. The van der Waals surface area contributed by atoms with Crippen LogP contribution in [0.3, 0.4) is 0 Å². The summed E-state index contributed by atoms with van der Waals surface area (Å²) in [5.74, 6) is 0.111. The van der Waals surface area contributed by atoms with Crippen molar-refractivity contribution in [3.63, 3.8) is 0 Å². The number of likely N-dealkylation sites (N-methyl/N-ethyl adjacent to an activating group) is 1. The predicted octanol–water partition coefficient (Wildman–Crippen LogP) is 0.772. The third-order valence-corrected chi connectivity index (χ3v) is 5.78. The molecule has 0 radical (unpaired) electrons. The van der Waals surface area contributed by atoms with E-state index in [9.17, 15) is 9.59 Å². The number of hydrogen-bond donors (Lipinski definition) is 1. The molecule has 34 heavy (non-hydrogen) atoms. The average Bonchev–Trinajstić information content (AvgIpc) is 3.29. The van der Waals surface area contributed by atoms with Crippen LogP contribution in [0.15, 0.2) is 30.3 Å². The van der Waals surface area contributed by atoms with Gasteiger partial charge in [-0.05, 0) is 19.4 Å². The Morgan fingerprint density at radius 3 is 2.50 bits per heavy atom. The molecule has 10 nitrogen and oxygen atoms in total. The van der Waals surface area contributed by atoms with Gasteiger partial charge in [0.05, 0.1) is 13.7 Å². The summed E-state index contributed by atoms with van der Waals surface area (Å²) >= 11 is 0. The first-order chi connectivity index (χ1) is 16.2. The van der Waals surface area contributed by atoms with Crippen molar-refractivity contribution in [1.82, 2.24) is 5.32 Å². The molecular weight excluding hydrogens is 446 g/mol. The monoisotopic (exact) mass is 477 g/mol. The van der Waals surface area contributed by atoms with Crippen LogP contribution >= 0.6 is 0 Å². The van der Waals surface area contributed by atoms with E-state index < -0.39 is 47.4 Å². The summed E-state index contributed by atoms with van der Waals surface area (Å²) in [4.78, 5) is 25.9. The second-order valence-corrected chi connectivity index (χ2v) is 8.41. The van der Waals surface area contributed by atoms with Crippen molar-refractivity contribution in [3.05, 3.63) is 35.9 Å². The van der Waals surface area contributed by atoms with Gasteiger partial charge in [0.1, 0.15) is 12.9 Å². The third-order valence-electron chi connectivity index (χ3n) is 5.78. The topological polar surface area (TPSA) is 111 Å². The maximum atomic E-state index is 13.0. The highest BCUT2D eigenvalue weighted by Crippen LogP contribution is 2.45. The number of methoxy groups -OCH3 is 2. The van der Waals surface area contributed by atoms with E-state index in [2.05, 4.69) is 11.2 Å². The van der Waals surface area contributed by atoms with Gasteiger partial charge in [-0.3, -0.25) is 4.79 Å². The normalized spacial score (nSPS) is 29.0. The molecule has 0 saturated carbocycles. The summed E-state index contributed by atoms with van der Waals surface area (Å²) < 4.78 is 39.8. The van der Waals surface area contributed by atoms with Crippen molar-refractivity contribution < 1.29 is 42.7 Å². The second-order valence-electron chi connectivity index (χ2n) is 8.41. The molecule has 0 bridgehead atoms. The molecule has 3 rings (SSSR count). The Kier molecular flexibility index (Phi) is 7.98. The first-order valence-electron chi connectivity index (χ1n) is 10.8. The highest BCUT2D eigenvalue weighted by atomic mass is 16.9. The number of terminal acetylenes is 1. The number of ether oxygens (including phenoxy) is 7. The number of hydrogen-bond acceptors (Lipinski definition) is 9. The summed E-state index contributed by atoms with van der Waals surface area (Å²) in [6.07, 6.45) is 3.23. The van der Waals surface area contributed by atoms with Gasteiger partial charge >= 0.3 is 5.97 Å². The first-order valence-corrected chi connectivity index (χ1v) is 10.8. The summed E-state index contributed by atoms with van der Waals surface area (Å²) in [7, 11) is 4.04. The van der Waals surface area contributed by atoms with Crippen LogP contribution in [0.2, 0.25) is 0 Å². The van der Waals surface area contributed by atoms with Crippen LogP contribution in [-0.4, -0.2) is 82.0 Å². The van der Waals surface area contributed by atoms with Crippen LogP contribution in [0, 0.1) is 12.3 Å². The van der Waals surface area contributed by atoms with E-state index in [0.29, 0.717) is 5.56 Å². The Labute approximate surface area is 199 Å². The van der Waals surface area contributed by atoms with Gasteiger partial charge in [0.2, 0.25) is 5.60 Å². The van der Waals surface area contributed by atoms with Gasteiger partial charge in [-0.1, -0.05) is 36.3 Å². The SMILES string of the molecule is C#CC1(OCOC)[C@@H](COC(Cc2ccccc2)(C(=O)NC)C(=O)OC)O[C@@H]2OC(C)(C)O[C@@H]21. The van der Waals surface area contributed by atoms with Gasteiger partial charge in [-0.25, -0.2) is 4.79 Å². The minimum atomic E-state index is -2.01. The average molecular weight is 478 g/mol. The van der Waals surface area contributed by atoms with Crippen LogP contribution in [0.4, 0.5) is 0 Å². The number of amides is 1. The van der Waals surface area contributed by atoms with Crippen molar-refractivity contribution in [2.24, 2.45) is 0 Å². The molecule has 2 fully saturated rings. The number of fused-ring (bicyclic) bond motifs is 1. The van der Waals surface area contributed by atoms with Gasteiger partial charge in [-0.2, -0.15) is 0 Å². The molecule has 0 spiro atoms. The molecule has 2 unspecified atom stereocenters. The number of esters is 1. The largest absolute Gasteiger partial charge is 0.466 e. The Morgan fingerprint density at radius 2 is 1.91 bits per heavy atom. The maximum Gasteiger partial charge on any atom is 0.348 e. The molecule has 0 aromatic heterocycles. The number of benzene rings is 1. The van der Waals surface area contributed by atoms with Crippen LogP contribution in [0.1, 0.15) is 19.4 Å². The summed E-state index contributed by atoms with van der Waals surface area (Å²) in [5.41, 5.74) is -2.78. The molecule has 2 heterocycles. The van der Waals surface area contributed by atoms with Gasteiger partial charge in [-0.15, -0.1) is 6.42 Å². The van der Waals surface area contributed by atoms with Gasteiger partial charge in [0, 0.05) is 20.6 Å². The molecule has 1 N–H and O–H groups in total. The van der Waals surface area contributed by atoms with E-state index in [4.69, 9.17) is 39.6 Å². The van der Waals surface area contributed by atoms with Crippen molar-refractivity contribution in [1.29, 1.82) is 0 Å². The standard InChI is InChI=1S/C24H31NO9/c1-7-23(31-15-28-5)17(32-19-18(23)33-22(2,3)34-19)14-30-24(20(26)25-4,21(27)29-6)13-16-11-9-8-10-12-16/h1,8-12,17-19H,13-15H2,2-6H3,(H,25,26)/t17-,18+,19-,23?,24?/m1/s1. The van der Waals surface area contributed by atoms with Crippen LogP contribution in [-0.2, 0) is 49.2 Å². The molecule has 1 amide bonds. The van der Waals surface area contributed by atoms with E-state index in [1.165, 1.54) is 21.3 Å². The molecule has 1 aromatic rings.